The quantitative estimate of drug-likeness (QED) is 0.0317. The maximum absolute atomic E-state index is 11.3. The number of hydrogen-bond donors (Lipinski definition) is 1. The van der Waals surface area contributed by atoms with Crippen molar-refractivity contribution in [2.24, 2.45) is 17.6 Å². The zero-order valence-electron chi connectivity index (χ0n) is 35.9. The highest BCUT2D eigenvalue weighted by molar-refractivity contribution is 5.71. The van der Waals surface area contributed by atoms with E-state index in [1.807, 2.05) is 61.5 Å². The second-order valence-electron chi connectivity index (χ2n) is 10.9. The number of nitrogens with two attached hydrogens (primary N) is 1. The molecule has 0 bridgehead atoms. The van der Waals surface area contributed by atoms with Gasteiger partial charge in [-0.2, -0.15) is 5.26 Å². The van der Waals surface area contributed by atoms with Gasteiger partial charge in [-0.3, -0.25) is 4.79 Å². The molecule has 0 fully saturated rings. The van der Waals surface area contributed by atoms with E-state index in [9.17, 15) is 4.79 Å². The minimum atomic E-state index is -0.0678. The topological polar surface area (TPSA) is 94.6 Å². The summed E-state index contributed by atoms with van der Waals surface area (Å²) in [6.45, 7) is 40.6. The molecule has 0 aromatic rings. The van der Waals surface area contributed by atoms with Crippen LogP contribution < -0.4 is 5.73 Å². The SMILES string of the molecule is C#C/C=C(C)/C(C#N)=C(N)/C=C/C=C.C=CCOCCCCCC.C=CCOCCCCCCOC(=O)C(C)CC.CC.CC.CC.CC(C)C. The van der Waals surface area contributed by atoms with Crippen LogP contribution in [0.15, 0.2) is 73.0 Å². The Kier molecular flexibility index (Phi) is 76.2. The first-order valence-corrected chi connectivity index (χ1v) is 19.4. The molecular formula is C45H84N2O4. The number of unbranched alkanes of at least 4 members (excludes halogenated alkanes) is 6. The van der Waals surface area contributed by atoms with Gasteiger partial charge in [0.05, 0.1) is 31.3 Å². The third-order valence-corrected chi connectivity index (χ3v) is 5.56. The van der Waals surface area contributed by atoms with E-state index >= 15 is 0 Å². The summed E-state index contributed by atoms with van der Waals surface area (Å²) in [6, 6.07) is 2.00. The van der Waals surface area contributed by atoms with Crippen molar-refractivity contribution in [3.63, 3.8) is 0 Å². The van der Waals surface area contributed by atoms with E-state index < -0.39 is 0 Å². The number of rotatable bonds is 21. The van der Waals surface area contributed by atoms with Crippen LogP contribution in [0.1, 0.15) is 148 Å². The molecule has 0 rings (SSSR count). The van der Waals surface area contributed by atoms with E-state index in [4.69, 9.17) is 31.6 Å². The van der Waals surface area contributed by atoms with Gasteiger partial charge in [-0.1, -0.05) is 146 Å². The third kappa shape index (κ3) is 65.6. The predicted octanol–water partition coefficient (Wildman–Crippen LogP) is 12.9. The van der Waals surface area contributed by atoms with Crippen LogP contribution >= 0.6 is 0 Å². The van der Waals surface area contributed by atoms with Crippen LogP contribution in [0.2, 0.25) is 0 Å². The number of terminal acetylenes is 1. The molecule has 0 saturated heterocycles. The fraction of sp³-hybridized carbons (Fsp3) is 0.644. The molecule has 0 amide bonds. The maximum atomic E-state index is 11.3. The third-order valence-electron chi connectivity index (χ3n) is 5.56. The first kappa shape index (κ1) is 62.8. The van der Waals surface area contributed by atoms with Crippen LogP contribution in [-0.4, -0.2) is 39.0 Å². The standard InChI is InChI=1S/C14H26O3.C12H12N2.C9H18O.C4H10.3C2H6/c1-4-10-16-11-8-6-7-9-12-17-14(15)13(3)5-2;1-4-6-8-12(14)11(9-13)10(3)7-5-2;1-3-5-6-7-9-10-8-4-2;1-4(2)3;3*1-2/h4,13H,1,5-12H2,2-3H3;2,4,6-8H,1,14H2,3H3;4H,2-3,5-9H2,1H3;4H,1-3H3;3*1-2H3/b;8-6+,10-7+,12-11-;;;;;. The van der Waals surface area contributed by atoms with Gasteiger partial charge in [0.2, 0.25) is 0 Å². The molecule has 0 aliphatic rings. The Bertz CT molecular complexity index is 899. The lowest BCUT2D eigenvalue weighted by Crippen LogP contribution is -2.14. The average molecular weight is 717 g/mol. The van der Waals surface area contributed by atoms with Crippen LogP contribution in [0.25, 0.3) is 0 Å². The van der Waals surface area contributed by atoms with E-state index in [2.05, 4.69) is 53.4 Å². The van der Waals surface area contributed by atoms with Crippen LogP contribution in [-0.2, 0) is 19.0 Å². The Morgan fingerprint density at radius 1 is 0.804 bits per heavy atom. The molecule has 6 nitrogen and oxygen atoms in total. The van der Waals surface area contributed by atoms with Gasteiger partial charge in [0, 0.05) is 18.9 Å². The predicted molar refractivity (Wildman–Crippen MR) is 228 cm³/mol. The maximum Gasteiger partial charge on any atom is 0.308 e. The molecule has 1 atom stereocenters. The molecule has 0 aliphatic carbocycles. The molecule has 0 aromatic carbocycles. The largest absolute Gasteiger partial charge is 0.465 e. The van der Waals surface area contributed by atoms with E-state index in [0.717, 1.165) is 51.2 Å². The van der Waals surface area contributed by atoms with Crippen LogP contribution in [0.4, 0.5) is 0 Å². The van der Waals surface area contributed by atoms with E-state index in [1.54, 1.807) is 37.3 Å². The van der Waals surface area contributed by atoms with Gasteiger partial charge in [0.15, 0.2) is 0 Å². The summed E-state index contributed by atoms with van der Waals surface area (Å²) < 4.78 is 15.6. The lowest BCUT2D eigenvalue weighted by atomic mass is 10.1. The normalized spacial score (nSPS) is 10.5. The zero-order chi connectivity index (χ0) is 41.1. The van der Waals surface area contributed by atoms with Crippen molar-refractivity contribution in [3.05, 3.63) is 73.0 Å². The number of hydrogen-bond acceptors (Lipinski definition) is 6. The Hall–Kier alpha value is -3.32. The molecule has 1 unspecified atom stereocenters. The highest BCUT2D eigenvalue weighted by atomic mass is 16.5. The number of allylic oxidation sites excluding steroid dienone is 6. The molecule has 6 heteroatoms. The zero-order valence-corrected chi connectivity index (χ0v) is 35.9. The number of carbonyl (C=O) groups excluding carboxylic acids is 1. The summed E-state index contributed by atoms with van der Waals surface area (Å²) in [6.07, 6.45) is 25.2. The van der Waals surface area contributed by atoms with Crippen LogP contribution in [0.3, 0.4) is 0 Å². The second-order valence-corrected chi connectivity index (χ2v) is 10.9. The monoisotopic (exact) mass is 717 g/mol. The van der Waals surface area contributed by atoms with Crippen LogP contribution in [0, 0.1) is 35.5 Å². The summed E-state index contributed by atoms with van der Waals surface area (Å²) in [5, 5.41) is 8.84. The average Bonchev–Trinajstić information content (AvgIpc) is 3.14. The van der Waals surface area contributed by atoms with Gasteiger partial charge in [0.25, 0.3) is 0 Å². The molecule has 0 heterocycles. The van der Waals surface area contributed by atoms with Gasteiger partial charge >= 0.3 is 5.97 Å². The fourth-order valence-electron chi connectivity index (χ4n) is 2.94. The summed E-state index contributed by atoms with van der Waals surface area (Å²) in [5.74, 6) is 3.14. The molecule has 0 aromatic heterocycles. The number of nitriles is 1. The minimum Gasteiger partial charge on any atom is -0.465 e. The molecule has 0 saturated carbocycles. The number of esters is 1. The van der Waals surface area contributed by atoms with Crippen molar-refractivity contribution < 1.29 is 19.0 Å². The summed E-state index contributed by atoms with van der Waals surface area (Å²) in [5.41, 5.74) is 7.12. The first-order chi connectivity index (χ1) is 24.5. The Morgan fingerprint density at radius 3 is 1.59 bits per heavy atom. The minimum absolute atomic E-state index is 0.0299. The first-order valence-electron chi connectivity index (χ1n) is 19.4. The summed E-state index contributed by atoms with van der Waals surface area (Å²) >= 11 is 0. The molecule has 0 spiro atoms. The van der Waals surface area contributed by atoms with Gasteiger partial charge in [0.1, 0.15) is 6.07 Å². The summed E-state index contributed by atoms with van der Waals surface area (Å²) in [4.78, 5) is 11.3. The molecule has 0 aliphatic heterocycles. The Balaban J connectivity index is -0.000000103. The Morgan fingerprint density at radius 2 is 1.24 bits per heavy atom. The van der Waals surface area contributed by atoms with Crippen molar-refractivity contribution in [3.8, 4) is 18.4 Å². The van der Waals surface area contributed by atoms with Crippen molar-refractivity contribution >= 4 is 5.97 Å². The number of carbonyl (C=O) groups is 1. The van der Waals surface area contributed by atoms with Crippen molar-refractivity contribution in [1.82, 2.24) is 0 Å². The van der Waals surface area contributed by atoms with E-state index in [-0.39, 0.29) is 11.9 Å². The van der Waals surface area contributed by atoms with E-state index in [1.165, 1.54) is 31.8 Å². The highest BCUT2D eigenvalue weighted by Gasteiger charge is 2.10. The van der Waals surface area contributed by atoms with Crippen LogP contribution in [0.5, 0.6) is 0 Å². The number of nitrogens with zero attached hydrogens (tertiary/aromatic N) is 1. The molecule has 51 heavy (non-hydrogen) atoms. The Labute approximate surface area is 319 Å². The second kappa shape index (κ2) is 61.9. The molecular weight excluding hydrogens is 633 g/mol. The molecule has 2 N–H and O–H groups in total. The van der Waals surface area contributed by atoms with Crippen molar-refractivity contribution in [2.45, 2.75) is 148 Å². The van der Waals surface area contributed by atoms with Gasteiger partial charge in [-0.05, 0) is 62.7 Å². The van der Waals surface area contributed by atoms with E-state index in [0.29, 0.717) is 36.7 Å². The highest BCUT2D eigenvalue weighted by Crippen LogP contribution is 2.11. The number of ether oxygens (including phenoxy) is 3. The van der Waals surface area contributed by atoms with Gasteiger partial charge in [-0.25, -0.2) is 0 Å². The van der Waals surface area contributed by atoms with Crippen molar-refractivity contribution in [2.75, 3.05) is 33.0 Å². The van der Waals surface area contributed by atoms with Gasteiger partial charge < -0.3 is 19.9 Å². The van der Waals surface area contributed by atoms with Gasteiger partial charge in [-0.15, -0.1) is 19.6 Å². The smallest absolute Gasteiger partial charge is 0.308 e. The molecule has 298 valence electrons. The lowest BCUT2D eigenvalue weighted by molar-refractivity contribution is -0.148. The fourth-order valence-corrected chi connectivity index (χ4v) is 2.94. The lowest BCUT2D eigenvalue weighted by Gasteiger charge is -2.08. The summed E-state index contributed by atoms with van der Waals surface area (Å²) in [7, 11) is 0. The molecule has 0 radical (unpaired) electrons. The van der Waals surface area contributed by atoms with Crippen molar-refractivity contribution in [1.29, 1.82) is 5.26 Å².